The van der Waals surface area contributed by atoms with Gasteiger partial charge in [0, 0.05) is 42.4 Å². The number of carbonyl (C=O) groups excluding carboxylic acids is 2. The minimum atomic E-state index is -1.13. The minimum absolute atomic E-state index is 0.0824. The van der Waals surface area contributed by atoms with Crippen LogP contribution < -0.4 is 10.2 Å². The summed E-state index contributed by atoms with van der Waals surface area (Å²) < 4.78 is 55.3. The lowest BCUT2D eigenvalue weighted by Crippen LogP contribution is -2.46. The predicted molar refractivity (Wildman–Crippen MR) is 120 cm³/mol. The number of fused-ring (bicyclic) bond motifs is 1. The number of nitrogens with zero attached hydrogens (tertiary/aromatic N) is 2. The van der Waals surface area contributed by atoms with E-state index in [0.717, 1.165) is 6.07 Å². The fraction of sp³-hybridized carbons (Fsp3) is 0.200. The van der Waals surface area contributed by atoms with Gasteiger partial charge in [-0.3, -0.25) is 9.69 Å². The first-order valence-electron chi connectivity index (χ1n) is 10.6. The molecule has 6 nitrogen and oxygen atoms in total. The summed E-state index contributed by atoms with van der Waals surface area (Å²) in [7, 11) is 1.58. The SMILES string of the molecule is CC1c2ccc(C(=O)NCc3c(F)cc(F)cc3F)cc2N(Cc2c(O)cccc2F)C(=O)N1C. The highest BCUT2D eigenvalue weighted by Crippen LogP contribution is 2.38. The molecule has 2 N–H and O–H groups in total. The summed E-state index contributed by atoms with van der Waals surface area (Å²) in [5.41, 5.74) is 0.496. The first-order chi connectivity index (χ1) is 16.6. The molecular weight excluding hydrogens is 466 g/mol. The third-order valence-corrected chi connectivity index (χ3v) is 6.09. The maximum absolute atomic E-state index is 14.4. The Kier molecular flexibility index (Phi) is 6.38. The molecule has 35 heavy (non-hydrogen) atoms. The van der Waals surface area contributed by atoms with Gasteiger partial charge in [-0.05, 0) is 36.8 Å². The van der Waals surface area contributed by atoms with Crippen LogP contribution in [-0.4, -0.2) is 29.0 Å². The number of benzene rings is 3. The summed E-state index contributed by atoms with van der Waals surface area (Å²) in [5.74, 6) is -5.05. The van der Waals surface area contributed by atoms with E-state index in [1.165, 1.54) is 34.1 Å². The van der Waals surface area contributed by atoms with E-state index >= 15 is 0 Å². The van der Waals surface area contributed by atoms with Gasteiger partial charge < -0.3 is 15.3 Å². The zero-order valence-corrected chi connectivity index (χ0v) is 18.8. The lowest BCUT2D eigenvalue weighted by molar-refractivity contribution is 0.0950. The number of carbonyl (C=O) groups is 2. The van der Waals surface area contributed by atoms with Crippen LogP contribution in [0.15, 0.2) is 48.5 Å². The summed E-state index contributed by atoms with van der Waals surface area (Å²) in [4.78, 5) is 28.5. The normalized spacial score (nSPS) is 15.3. The number of phenolic OH excluding ortho intramolecular Hbond substituents is 1. The second-order valence-corrected chi connectivity index (χ2v) is 8.20. The number of hydrogen-bond donors (Lipinski definition) is 2. The molecule has 0 bridgehead atoms. The van der Waals surface area contributed by atoms with Gasteiger partial charge in [-0.25, -0.2) is 22.4 Å². The Bertz CT molecular complexity index is 1290. The van der Waals surface area contributed by atoms with Gasteiger partial charge in [0.25, 0.3) is 5.91 Å². The molecule has 0 spiro atoms. The summed E-state index contributed by atoms with van der Waals surface area (Å²) >= 11 is 0. The van der Waals surface area contributed by atoms with Gasteiger partial charge in [-0.15, -0.1) is 0 Å². The Morgan fingerprint density at radius 1 is 1.00 bits per heavy atom. The number of urea groups is 1. The molecular formula is C25H21F4N3O3. The van der Waals surface area contributed by atoms with Crippen molar-refractivity contribution in [3.05, 3.63) is 94.1 Å². The molecule has 1 aliphatic rings. The number of aromatic hydroxyl groups is 1. The Balaban J connectivity index is 1.65. The fourth-order valence-corrected chi connectivity index (χ4v) is 3.97. The number of phenols is 1. The highest BCUT2D eigenvalue weighted by atomic mass is 19.1. The van der Waals surface area contributed by atoms with Crippen LogP contribution in [0.1, 0.15) is 40.0 Å². The van der Waals surface area contributed by atoms with Crippen LogP contribution in [0.4, 0.5) is 28.0 Å². The smallest absolute Gasteiger partial charge is 0.325 e. The number of anilines is 1. The molecule has 3 aromatic rings. The van der Waals surface area contributed by atoms with Gasteiger partial charge in [-0.2, -0.15) is 0 Å². The molecule has 3 aromatic carbocycles. The summed E-state index contributed by atoms with van der Waals surface area (Å²) in [6.45, 7) is 0.964. The van der Waals surface area contributed by atoms with Crippen LogP contribution in [0, 0.1) is 23.3 Å². The molecule has 4 rings (SSSR count). The number of halogens is 4. The highest BCUT2D eigenvalue weighted by Gasteiger charge is 2.34. The van der Waals surface area contributed by atoms with E-state index in [1.807, 2.05) is 0 Å². The van der Waals surface area contributed by atoms with E-state index in [0.29, 0.717) is 23.4 Å². The van der Waals surface area contributed by atoms with Crippen molar-refractivity contribution in [2.75, 3.05) is 11.9 Å². The van der Waals surface area contributed by atoms with Crippen LogP contribution in [0.2, 0.25) is 0 Å². The number of rotatable bonds is 5. The number of nitrogens with one attached hydrogen (secondary N) is 1. The van der Waals surface area contributed by atoms with Gasteiger partial charge in [0.2, 0.25) is 0 Å². The molecule has 1 unspecified atom stereocenters. The molecule has 182 valence electrons. The third-order valence-electron chi connectivity index (χ3n) is 6.09. The van der Waals surface area contributed by atoms with E-state index in [9.17, 15) is 32.3 Å². The van der Waals surface area contributed by atoms with Crippen LogP contribution in [-0.2, 0) is 13.1 Å². The molecule has 0 aromatic heterocycles. The predicted octanol–water partition coefficient (Wildman–Crippen LogP) is 5.01. The van der Waals surface area contributed by atoms with Gasteiger partial charge >= 0.3 is 6.03 Å². The summed E-state index contributed by atoms with van der Waals surface area (Å²) in [6, 6.07) is 8.54. The van der Waals surface area contributed by atoms with E-state index in [2.05, 4.69) is 5.32 Å². The molecule has 10 heteroatoms. The van der Waals surface area contributed by atoms with Gasteiger partial charge in [0.05, 0.1) is 18.3 Å². The molecule has 1 aliphatic heterocycles. The maximum atomic E-state index is 14.4. The van der Waals surface area contributed by atoms with Crippen molar-refractivity contribution >= 4 is 17.6 Å². The summed E-state index contributed by atoms with van der Waals surface area (Å²) in [6.07, 6.45) is 0. The topological polar surface area (TPSA) is 72.9 Å². The average molecular weight is 487 g/mol. The molecule has 1 atom stereocenters. The molecule has 1 heterocycles. The average Bonchev–Trinajstić information content (AvgIpc) is 2.80. The van der Waals surface area contributed by atoms with Crippen molar-refractivity contribution in [1.82, 2.24) is 10.2 Å². The zero-order chi connectivity index (χ0) is 25.4. The van der Waals surface area contributed by atoms with Crippen molar-refractivity contribution in [2.24, 2.45) is 0 Å². The quantitative estimate of drug-likeness (QED) is 0.497. The molecule has 0 saturated carbocycles. The van der Waals surface area contributed by atoms with E-state index in [-0.39, 0.29) is 29.5 Å². The second-order valence-electron chi connectivity index (χ2n) is 8.20. The minimum Gasteiger partial charge on any atom is -0.507 e. The maximum Gasteiger partial charge on any atom is 0.325 e. The second kappa shape index (κ2) is 9.28. The summed E-state index contributed by atoms with van der Waals surface area (Å²) in [5, 5.41) is 12.5. The lowest BCUT2D eigenvalue weighted by Gasteiger charge is -2.39. The first-order valence-corrected chi connectivity index (χ1v) is 10.6. The number of hydrogen-bond acceptors (Lipinski definition) is 3. The monoisotopic (exact) mass is 487 g/mol. The zero-order valence-electron chi connectivity index (χ0n) is 18.8. The van der Waals surface area contributed by atoms with Crippen LogP contribution in [0.3, 0.4) is 0 Å². The van der Waals surface area contributed by atoms with Crippen molar-refractivity contribution < 1.29 is 32.3 Å². The van der Waals surface area contributed by atoms with E-state index in [1.54, 1.807) is 20.0 Å². The Hall–Kier alpha value is -4.08. The van der Waals surface area contributed by atoms with E-state index < -0.39 is 47.3 Å². The van der Waals surface area contributed by atoms with Crippen LogP contribution in [0.25, 0.3) is 0 Å². The Morgan fingerprint density at radius 2 is 1.69 bits per heavy atom. The fourth-order valence-electron chi connectivity index (χ4n) is 3.97. The molecule has 0 saturated heterocycles. The number of amides is 3. The molecule has 0 radical (unpaired) electrons. The van der Waals surface area contributed by atoms with Crippen LogP contribution in [0.5, 0.6) is 5.75 Å². The Morgan fingerprint density at radius 3 is 2.34 bits per heavy atom. The van der Waals surface area contributed by atoms with Crippen molar-refractivity contribution in [3.8, 4) is 5.75 Å². The largest absolute Gasteiger partial charge is 0.507 e. The van der Waals surface area contributed by atoms with E-state index in [4.69, 9.17) is 0 Å². The lowest BCUT2D eigenvalue weighted by atomic mass is 9.98. The molecule has 0 aliphatic carbocycles. The molecule has 0 fully saturated rings. The van der Waals surface area contributed by atoms with Crippen molar-refractivity contribution in [3.63, 3.8) is 0 Å². The van der Waals surface area contributed by atoms with Gasteiger partial charge in [0.15, 0.2) is 0 Å². The van der Waals surface area contributed by atoms with Gasteiger partial charge in [0.1, 0.15) is 29.0 Å². The molecule has 3 amide bonds. The van der Waals surface area contributed by atoms with Crippen LogP contribution >= 0.6 is 0 Å². The van der Waals surface area contributed by atoms with Gasteiger partial charge in [-0.1, -0.05) is 12.1 Å². The van der Waals surface area contributed by atoms with Crippen molar-refractivity contribution in [1.29, 1.82) is 0 Å². The van der Waals surface area contributed by atoms with Crippen molar-refractivity contribution in [2.45, 2.75) is 26.1 Å². The standard InChI is InChI=1S/C25H21F4N3O3/c1-13-16-7-6-14(24(34)30-11-17-20(28)9-15(26)10-21(17)29)8-22(16)32(25(35)31(13)2)12-18-19(27)4-3-5-23(18)33/h3-10,13,33H,11-12H2,1-2H3,(H,30,34). The Labute approximate surface area is 198 Å². The highest BCUT2D eigenvalue weighted by molar-refractivity contribution is 5.99. The first kappa shape index (κ1) is 24.1. The third kappa shape index (κ3) is 4.51.